The average molecular weight is 232 g/mol. The van der Waals surface area contributed by atoms with Crippen molar-refractivity contribution < 1.29 is 4.92 Å². The first-order chi connectivity index (χ1) is 8.08. The molecule has 0 saturated heterocycles. The maximum Gasteiger partial charge on any atom is 0.292 e. The smallest absolute Gasteiger partial charge is 0.292 e. The van der Waals surface area contributed by atoms with Crippen LogP contribution in [0.3, 0.4) is 0 Å². The van der Waals surface area contributed by atoms with E-state index in [1.165, 1.54) is 0 Å². The lowest BCUT2D eigenvalue weighted by Crippen LogP contribution is -2.17. The Labute approximate surface area is 101 Å². The van der Waals surface area contributed by atoms with Gasteiger partial charge in [-0.25, -0.2) is 0 Å². The lowest BCUT2D eigenvalue weighted by molar-refractivity contribution is -0.384. The van der Waals surface area contributed by atoms with Gasteiger partial charge in [-0.3, -0.25) is 10.1 Å². The first-order valence-corrected chi connectivity index (χ1v) is 5.56. The summed E-state index contributed by atoms with van der Waals surface area (Å²) in [6.07, 6.45) is 7.11. The summed E-state index contributed by atoms with van der Waals surface area (Å²) in [5, 5.41) is 13.9. The lowest BCUT2D eigenvalue weighted by atomic mass is 10.1. The molecule has 0 heterocycles. The zero-order valence-corrected chi connectivity index (χ0v) is 10.1. The topological polar surface area (TPSA) is 55.2 Å². The van der Waals surface area contributed by atoms with Crippen molar-refractivity contribution in [2.75, 3.05) is 5.32 Å². The van der Waals surface area contributed by atoms with E-state index in [4.69, 9.17) is 6.42 Å². The highest BCUT2D eigenvalue weighted by Crippen LogP contribution is 2.26. The molecule has 0 aliphatic rings. The number of rotatable bonds is 5. The summed E-state index contributed by atoms with van der Waals surface area (Å²) in [6, 6.07) is 4.91. The number of benzene rings is 1. The molecular weight excluding hydrogens is 216 g/mol. The second-order valence-corrected chi connectivity index (χ2v) is 3.93. The average Bonchev–Trinajstić information content (AvgIpc) is 2.30. The third kappa shape index (κ3) is 3.49. The molecule has 0 bridgehead atoms. The Hall–Kier alpha value is -2.02. The third-order valence-corrected chi connectivity index (χ3v) is 2.46. The zero-order valence-electron chi connectivity index (χ0n) is 10.1. The first-order valence-electron chi connectivity index (χ1n) is 5.56. The lowest BCUT2D eigenvalue weighted by Gasteiger charge is -2.13. The Morgan fingerprint density at radius 3 is 2.82 bits per heavy atom. The number of nitro groups is 1. The van der Waals surface area contributed by atoms with Gasteiger partial charge in [-0.2, -0.15) is 0 Å². The van der Waals surface area contributed by atoms with Crippen LogP contribution in [0.4, 0.5) is 11.4 Å². The Kier molecular flexibility index (Phi) is 4.53. The fourth-order valence-corrected chi connectivity index (χ4v) is 1.59. The molecule has 4 nitrogen and oxygen atoms in total. The molecule has 90 valence electrons. The largest absolute Gasteiger partial charge is 0.366 e. The summed E-state index contributed by atoms with van der Waals surface area (Å²) < 4.78 is 0. The van der Waals surface area contributed by atoms with Crippen LogP contribution in [0.5, 0.6) is 0 Å². The van der Waals surface area contributed by atoms with Crippen molar-refractivity contribution in [2.24, 2.45) is 0 Å². The predicted molar refractivity (Wildman–Crippen MR) is 69.0 cm³/mol. The van der Waals surface area contributed by atoms with E-state index in [0.717, 1.165) is 18.4 Å². The Bertz CT molecular complexity index is 449. The van der Waals surface area contributed by atoms with Crippen molar-refractivity contribution in [3.05, 3.63) is 33.9 Å². The van der Waals surface area contributed by atoms with Gasteiger partial charge in [-0.1, -0.05) is 25.3 Å². The quantitative estimate of drug-likeness (QED) is 0.482. The summed E-state index contributed by atoms with van der Waals surface area (Å²) in [6.45, 7) is 3.84. The summed E-state index contributed by atoms with van der Waals surface area (Å²) in [4.78, 5) is 10.5. The summed E-state index contributed by atoms with van der Waals surface area (Å²) in [5.74, 6) is 2.60. The molecule has 1 aromatic rings. The van der Waals surface area contributed by atoms with E-state index in [9.17, 15) is 10.1 Å². The molecule has 4 heteroatoms. The van der Waals surface area contributed by atoms with Crippen LogP contribution in [-0.2, 0) is 0 Å². The second-order valence-electron chi connectivity index (χ2n) is 3.93. The molecule has 0 amide bonds. The van der Waals surface area contributed by atoms with Gasteiger partial charge in [0, 0.05) is 6.07 Å². The standard InChI is InChI=1S/C13H16N2O2/c1-4-6-11(5-2)14-12-8-7-10(3)9-13(12)15(16)17/h2,7-9,11,14H,4,6H2,1,3H3. The van der Waals surface area contributed by atoms with Crippen LogP contribution >= 0.6 is 0 Å². The molecule has 1 aromatic carbocycles. The zero-order chi connectivity index (χ0) is 12.8. The van der Waals surface area contributed by atoms with E-state index < -0.39 is 4.92 Å². The fourth-order valence-electron chi connectivity index (χ4n) is 1.59. The van der Waals surface area contributed by atoms with Gasteiger partial charge >= 0.3 is 0 Å². The second kappa shape index (κ2) is 5.90. The molecule has 1 rings (SSSR count). The van der Waals surface area contributed by atoms with Crippen molar-refractivity contribution in [1.82, 2.24) is 0 Å². The maximum atomic E-state index is 10.9. The van der Waals surface area contributed by atoms with E-state index in [0.29, 0.717) is 5.69 Å². The molecular formula is C13H16N2O2. The van der Waals surface area contributed by atoms with Gasteiger partial charge in [-0.05, 0) is 25.0 Å². The molecule has 1 N–H and O–H groups in total. The van der Waals surface area contributed by atoms with Gasteiger partial charge < -0.3 is 5.32 Å². The van der Waals surface area contributed by atoms with Gasteiger partial charge in [0.15, 0.2) is 0 Å². The number of nitrogens with zero attached hydrogens (tertiary/aromatic N) is 1. The van der Waals surface area contributed by atoms with Gasteiger partial charge in [0.2, 0.25) is 0 Å². The number of hydrogen-bond acceptors (Lipinski definition) is 3. The molecule has 1 atom stereocenters. The van der Waals surface area contributed by atoms with Crippen LogP contribution in [0.2, 0.25) is 0 Å². The third-order valence-electron chi connectivity index (χ3n) is 2.46. The number of nitrogens with one attached hydrogen (secondary N) is 1. The number of hydrogen-bond donors (Lipinski definition) is 1. The Morgan fingerprint density at radius 2 is 2.29 bits per heavy atom. The molecule has 17 heavy (non-hydrogen) atoms. The minimum Gasteiger partial charge on any atom is -0.366 e. The Morgan fingerprint density at radius 1 is 1.59 bits per heavy atom. The molecule has 0 radical (unpaired) electrons. The molecule has 0 fully saturated rings. The number of terminal acetylenes is 1. The van der Waals surface area contributed by atoms with E-state index in [1.54, 1.807) is 12.1 Å². The van der Waals surface area contributed by atoms with Crippen LogP contribution in [0, 0.1) is 29.4 Å². The predicted octanol–water partition coefficient (Wildman–Crippen LogP) is 3.12. The molecule has 0 aromatic heterocycles. The monoisotopic (exact) mass is 232 g/mol. The highest BCUT2D eigenvalue weighted by Gasteiger charge is 2.15. The van der Waals surface area contributed by atoms with Gasteiger partial charge in [0.1, 0.15) is 5.69 Å². The first kappa shape index (κ1) is 13.0. The van der Waals surface area contributed by atoms with Crippen molar-refractivity contribution in [3.8, 4) is 12.3 Å². The van der Waals surface area contributed by atoms with Crippen LogP contribution in [-0.4, -0.2) is 11.0 Å². The van der Waals surface area contributed by atoms with Crippen molar-refractivity contribution >= 4 is 11.4 Å². The summed E-state index contributed by atoms with van der Waals surface area (Å²) in [7, 11) is 0. The van der Waals surface area contributed by atoms with E-state index >= 15 is 0 Å². The van der Waals surface area contributed by atoms with Crippen LogP contribution in [0.15, 0.2) is 18.2 Å². The van der Waals surface area contributed by atoms with Gasteiger partial charge in [0.05, 0.1) is 11.0 Å². The highest BCUT2D eigenvalue weighted by molar-refractivity contribution is 5.63. The molecule has 0 aliphatic heterocycles. The number of anilines is 1. The maximum absolute atomic E-state index is 10.9. The summed E-state index contributed by atoms with van der Waals surface area (Å²) >= 11 is 0. The van der Waals surface area contributed by atoms with Crippen molar-refractivity contribution in [1.29, 1.82) is 0 Å². The molecule has 0 aliphatic carbocycles. The normalized spacial score (nSPS) is 11.6. The van der Waals surface area contributed by atoms with E-state index in [2.05, 4.69) is 11.2 Å². The van der Waals surface area contributed by atoms with Crippen molar-refractivity contribution in [3.63, 3.8) is 0 Å². The minimum atomic E-state index is -0.394. The Balaban J connectivity index is 2.98. The molecule has 0 saturated carbocycles. The number of nitro benzene ring substituents is 1. The van der Waals surface area contributed by atoms with E-state index in [1.807, 2.05) is 19.9 Å². The minimum absolute atomic E-state index is 0.0707. The molecule has 0 spiro atoms. The fraction of sp³-hybridized carbons (Fsp3) is 0.385. The molecule has 1 unspecified atom stereocenters. The summed E-state index contributed by atoms with van der Waals surface area (Å²) in [5.41, 5.74) is 1.41. The van der Waals surface area contributed by atoms with Crippen LogP contribution < -0.4 is 5.32 Å². The van der Waals surface area contributed by atoms with Crippen LogP contribution in [0.25, 0.3) is 0 Å². The van der Waals surface area contributed by atoms with Crippen molar-refractivity contribution in [2.45, 2.75) is 32.7 Å². The SMILES string of the molecule is C#CC(CCC)Nc1ccc(C)cc1[N+](=O)[O-]. The van der Waals surface area contributed by atoms with Crippen LogP contribution in [0.1, 0.15) is 25.3 Å². The number of aryl methyl sites for hydroxylation is 1. The van der Waals surface area contributed by atoms with E-state index in [-0.39, 0.29) is 11.7 Å². The highest BCUT2D eigenvalue weighted by atomic mass is 16.6. The van der Waals surface area contributed by atoms with Gasteiger partial charge in [-0.15, -0.1) is 6.42 Å². The van der Waals surface area contributed by atoms with Gasteiger partial charge in [0.25, 0.3) is 5.69 Å².